The van der Waals surface area contributed by atoms with E-state index in [0.29, 0.717) is 45.4 Å². The highest BCUT2D eigenvalue weighted by molar-refractivity contribution is 7.98. The molecule has 0 aliphatic carbocycles. The number of thioether (sulfide) groups is 1. The quantitative estimate of drug-likeness (QED) is 0.576. The average molecular weight is 442 g/mol. The minimum absolute atomic E-state index is 0.429. The van der Waals surface area contributed by atoms with Crippen LogP contribution in [0.5, 0.6) is 0 Å². The molecule has 0 amide bonds. The third-order valence-corrected chi connectivity index (χ3v) is 6.96. The lowest BCUT2D eigenvalue weighted by Gasteiger charge is -2.19. The van der Waals surface area contributed by atoms with E-state index in [4.69, 9.17) is 0 Å². The number of sulfonamides is 1. The highest BCUT2D eigenvalue weighted by Crippen LogP contribution is 2.33. The highest BCUT2D eigenvalue weighted by Gasteiger charge is 2.20. The van der Waals surface area contributed by atoms with Crippen LogP contribution >= 0.6 is 11.8 Å². The minimum atomic E-state index is -3.54. The lowest BCUT2D eigenvalue weighted by molar-refractivity contribution is 0.603. The SMILES string of the molecule is C=CS(=O)(=O)N(C)c1ccc(CSc2nc(N(C)C)c(C#N)c(CC)c2C#N)cc1. The Bertz CT molecular complexity index is 1130. The van der Waals surface area contributed by atoms with Gasteiger partial charge in [-0.3, -0.25) is 4.31 Å². The zero-order valence-electron chi connectivity index (χ0n) is 17.4. The summed E-state index contributed by atoms with van der Waals surface area (Å²) >= 11 is 1.41. The second-order valence-electron chi connectivity index (χ2n) is 6.57. The summed E-state index contributed by atoms with van der Waals surface area (Å²) in [6, 6.07) is 11.5. The number of benzene rings is 1. The minimum Gasteiger partial charge on any atom is -0.362 e. The van der Waals surface area contributed by atoms with Crippen LogP contribution in [0.15, 0.2) is 41.3 Å². The summed E-state index contributed by atoms with van der Waals surface area (Å²) in [6.45, 7) is 5.25. The van der Waals surface area contributed by atoms with E-state index in [1.807, 2.05) is 33.2 Å². The fourth-order valence-corrected chi connectivity index (χ4v) is 4.42. The molecule has 1 aromatic heterocycles. The van der Waals surface area contributed by atoms with E-state index < -0.39 is 10.0 Å². The van der Waals surface area contributed by atoms with E-state index in [1.54, 1.807) is 17.0 Å². The van der Waals surface area contributed by atoms with Gasteiger partial charge in [0.2, 0.25) is 0 Å². The molecule has 9 heteroatoms. The van der Waals surface area contributed by atoms with Crippen molar-refractivity contribution in [1.29, 1.82) is 10.5 Å². The summed E-state index contributed by atoms with van der Waals surface area (Å²) in [5.41, 5.74) is 3.04. The predicted octanol–water partition coefficient (Wildman–Crippen LogP) is 3.66. The van der Waals surface area contributed by atoms with Gasteiger partial charge in [0.15, 0.2) is 0 Å². The Labute approximate surface area is 182 Å². The van der Waals surface area contributed by atoms with Crippen molar-refractivity contribution in [3.8, 4) is 12.1 Å². The number of hydrogen-bond donors (Lipinski definition) is 0. The fraction of sp³-hybridized carbons (Fsp3) is 0.286. The first-order valence-electron chi connectivity index (χ1n) is 9.07. The maximum atomic E-state index is 11.9. The van der Waals surface area contributed by atoms with Gasteiger partial charge in [-0.2, -0.15) is 10.5 Å². The first-order valence-corrected chi connectivity index (χ1v) is 11.6. The maximum absolute atomic E-state index is 11.9. The summed E-state index contributed by atoms with van der Waals surface area (Å²) < 4.78 is 25.0. The number of nitriles is 2. The molecule has 0 saturated carbocycles. The van der Waals surface area contributed by atoms with Crippen LogP contribution in [-0.2, 0) is 22.2 Å². The second-order valence-corrected chi connectivity index (χ2v) is 9.45. The van der Waals surface area contributed by atoms with E-state index in [0.717, 1.165) is 15.3 Å². The van der Waals surface area contributed by atoms with E-state index in [9.17, 15) is 18.9 Å². The topological polar surface area (TPSA) is 101 Å². The standard InChI is InChI=1S/C21H23N5O2S2/c1-6-17-18(12-22)20(25(3)4)24-21(19(17)13-23)29-14-15-8-10-16(11-9-15)26(5)30(27,28)7-2/h7-11H,2,6,14H2,1,3-5H3. The van der Waals surface area contributed by atoms with Gasteiger partial charge in [0.05, 0.1) is 16.8 Å². The molecule has 0 aliphatic rings. The summed E-state index contributed by atoms with van der Waals surface area (Å²) in [5.74, 6) is 1.09. The summed E-state index contributed by atoms with van der Waals surface area (Å²) in [4.78, 5) is 6.34. The van der Waals surface area contributed by atoms with Crippen LogP contribution in [0.1, 0.15) is 29.2 Å². The number of pyridine rings is 1. The van der Waals surface area contributed by atoms with Gasteiger partial charge in [-0.25, -0.2) is 13.4 Å². The van der Waals surface area contributed by atoms with Crippen LogP contribution in [-0.4, -0.2) is 34.5 Å². The van der Waals surface area contributed by atoms with Crippen molar-refractivity contribution >= 4 is 33.3 Å². The molecule has 30 heavy (non-hydrogen) atoms. The Morgan fingerprint density at radius 3 is 2.20 bits per heavy atom. The van der Waals surface area contributed by atoms with Gasteiger partial charge < -0.3 is 4.90 Å². The van der Waals surface area contributed by atoms with Crippen molar-refractivity contribution in [1.82, 2.24) is 4.98 Å². The Kier molecular flexibility index (Phi) is 7.49. The van der Waals surface area contributed by atoms with Gasteiger partial charge in [-0.05, 0) is 29.7 Å². The number of rotatable bonds is 8. The van der Waals surface area contributed by atoms with Crippen LogP contribution < -0.4 is 9.21 Å². The van der Waals surface area contributed by atoms with Crippen LogP contribution in [0, 0.1) is 22.7 Å². The maximum Gasteiger partial charge on any atom is 0.256 e. The molecule has 1 aromatic carbocycles. The molecule has 0 unspecified atom stereocenters. The molecule has 0 aliphatic heterocycles. The van der Waals surface area contributed by atoms with Crippen molar-refractivity contribution < 1.29 is 8.42 Å². The molecule has 2 aromatic rings. The number of nitrogens with zero attached hydrogens (tertiary/aromatic N) is 5. The molecule has 0 fully saturated rings. The second kappa shape index (κ2) is 9.66. The molecule has 0 N–H and O–H groups in total. The van der Waals surface area contributed by atoms with Crippen molar-refractivity contribution in [3.63, 3.8) is 0 Å². The van der Waals surface area contributed by atoms with Crippen molar-refractivity contribution in [2.75, 3.05) is 30.3 Å². The van der Waals surface area contributed by atoms with Gasteiger partial charge in [0.25, 0.3) is 10.0 Å². The van der Waals surface area contributed by atoms with Crippen molar-refractivity contribution in [2.24, 2.45) is 0 Å². The lowest BCUT2D eigenvalue weighted by atomic mass is 10.0. The molecule has 0 bridgehead atoms. The third kappa shape index (κ3) is 4.76. The molecule has 0 spiro atoms. The zero-order chi connectivity index (χ0) is 22.5. The summed E-state index contributed by atoms with van der Waals surface area (Å²) in [6.07, 6.45) is 0.557. The summed E-state index contributed by atoms with van der Waals surface area (Å²) in [5, 5.41) is 20.7. The first-order chi connectivity index (χ1) is 14.2. The molecule has 7 nitrogen and oxygen atoms in total. The van der Waals surface area contributed by atoms with Crippen molar-refractivity contribution in [3.05, 3.63) is 58.5 Å². The first kappa shape index (κ1) is 23.3. The molecule has 0 radical (unpaired) electrons. The Morgan fingerprint density at radius 2 is 1.73 bits per heavy atom. The van der Waals surface area contributed by atoms with E-state index in [2.05, 4.69) is 23.7 Å². The normalized spacial score (nSPS) is 10.7. The zero-order valence-corrected chi connectivity index (χ0v) is 19.0. The molecule has 0 atom stereocenters. The average Bonchev–Trinajstić information content (AvgIpc) is 2.75. The van der Waals surface area contributed by atoms with Gasteiger partial charge >= 0.3 is 0 Å². The molecular formula is C21H23N5O2S2. The predicted molar refractivity (Wildman–Crippen MR) is 121 cm³/mol. The fourth-order valence-electron chi connectivity index (χ4n) is 2.82. The highest BCUT2D eigenvalue weighted by atomic mass is 32.2. The number of aromatic nitrogens is 1. The van der Waals surface area contributed by atoms with Crippen LogP contribution in [0.3, 0.4) is 0 Å². The molecule has 156 valence electrons. The molecule has 0 saturated heterocycles. The van der Waals surface area contributed by atoms with E-state index in [-0.39, 0.29) is 0 Å². The van der Waals surface area contributed by atoms with Crippen LogP contribution in [0.2, 0.25) is 0 Å². The van der Waals surface area contributed by atoms with E-state index >= 15 is 0 Å². The monoisotopic (exact) mass is 441 g/mol. The van der Waals surface area contributed by atoms with E-state index in [1.165, 1.54) is 18.8 Å². The van der Waals surface area contributed by atoms with Gasteiger partial charge in [0, 0.05) is 32.3 Å². The largest absolute Gasteiger partial charge is 0.362 e. The van der Waals surface area contributed by atoms with Gasteiger partial charge in [-0.1, -0.05) is 25.6 Å². The Morgan fingerprint density at radius 1 is 1.13 bits per heavy atom. The Balaban J connectivity index is 2.34. The summed E-state index contributed by atoms with van der Waals surface area (Å²) in [7, 11) is 1.56. The number of hydrogen-bond acceptors (Lipinski definition) is 7. The Hall–Kier alpha value is -3.01. The number of anilines is 2. The van der Waals surface area contributed by atoms with Crippen LogP contribution in [0.4, 0.5) is 11.5 Å². The molecule has 2 rings (SSSR count). The molecular weight excluding hydrogens is 418 g/mol. The third-order valence-electron chi connectivity index (χ3n) is 4.52. The van der Waals surface area contributed by atoms with Crippen molar-refractivity contribution in [2.45, 2.75) is 24.1 Å². The smallest absolute Gasteiger partial charge is 0.256 e. The molecule has 1 heterocycles. The van der Waals surface area contributed by atoms with Crippen LogP contribution in [0.25, 0.3) is 0 Å². The van der Waals surface area contributed by atoms with Gasteiger partial charge in [-0.15, -0.1) is 11.8 Å². The lowest BCUT2D eigenvalue weighted by Crippen LogP contribution is -2.23. The van der Waals surface area contributed by atoms with Gasteiger partial charge in [0.1, 0.15) is 23.0 Å².